The summed E-state index contributed by atoms with van der Waals surface area (Å²) in [4.78, 5) is 38.2. The van der Waals surface area contributed by atoms with E-state index < -0.39 is 30.2 Å². The predicted octanol–water partition coefficient (Wildman–Crippen LogP) is 4.58. The molecule has 0 aliphatic carbocycles. The van der Waals surface area contributed by atoms with E-state index in [4.69, 9.17) is 9.47 Å². The first-order valence-electron chi connectivity index (χ1n) is 11.2. The van der Waals surface area contributed by atoms with Gasteiger partial charge in [0.1, 0.15) is 24.7 Å². The minimum Gasteiger partial charge on any atom is -0.493 e. The molecule has 4 rings (SSSR count). The number of hydrogen-bond acceptors (Lipinski definition) is 6. The number of nitrogens with zero attached hydrogens (tertiary/aromatic N) is 2. The van der Waals surface area contributed by atoms with Crippen LogP contribution >= 0.6 is 15.9 Å². The zero-order chi connectivity index (χ0) is 27.2. The highest BCUT2D eigenvalue weighted by Gasteiger charge is 2.35. The minimum absolute atomic E-state index is 0.0562. The Morgan fingerprint density at radius 2 is 1.92 bits per heavy atom. The summed E-state index contributed by atoms with van der Waals surface area (Å²) in [5.41, 5.74) is 1.58. The van der Waals surface area contributed by atoms with Crippen molar-refractivity contribution in [2.24, 2.45) is 0 Å². The van der Waals surface area contributed by atoms with Gasteiger partial charge in [-0.1, -0.05) is 30.3 Å². The fourth-order valence-corrected chi connectivity index (χ4v) is 4.22. The van der Waals surface area contributed by atoms with Crippen molar-refractivity contribution < 1.29 is 28.2 Å². The van der Waals surface area contributed by atoms with Crippen LogP contribution in [0.5, 0.6) is 11.5 Å². The van der Waals surface area contributed by atoms with Crippen LogP contribution < -0.4 is 20.1 Å². The Morgan fingerprint density at radius 3 is 2.66 bits per heavy atom. The molecular formula is C27H20BrFN4O5. The number of methoxy groups -OCH3 is 1. The number of amides is 4. The van der Waals surface area contributed by atoms with Crippen molar-refractivity contribution in [1.29, 1.82) is 5.26 Å². The van der Waals surface area contributed by atoms with Gasteiger partial charge in [-0.15, -0.1) is 0 Å². The number of nitrogens with one attached hydrogen (secondary N) is 2. The number of imide groups is 1. The molecule has 192 valence electrons. The summed E-state index contributed by atoms with van der Waals surface area (Å²) < 4.78 is 25.7. The van der Waals surface area contributed by atoms with Crippen molar-refractivity contribution in [2.75, 3.05) is 19.0 Å². The van der Waals surface area contributed by atoms with Gasteiger partial charge in [0.2, 0.25) is 5.91 Å². The second-order valence-electron chi connectivity index (χ2n) is 8.00. The first kappa shape index (κ1) is 26.4. The van der Waals surface area contributed by atoms with E-state index in [1.165, 1.54) is 31.4 Å². The Balaban J connectivity index is 1.49. The highest BCUT2D eigenvalue weighted by molar-refractivity contribution is 9.10. The molecular weight excluding hydrogens is 559 g/mol. The summed E-state index contributed by atoms with van der Waals surface area (Å²) in [5.74, 6) is -1.36. The molecule has 0 bridgehead atoms. The maximum Gasteiger partial charge on any atom is 0.329 e. The lowest BCUT2D eigenvalue weighted by molar-refractivity contribution is -0.127. The molecule has 1 saturated heterocycles. The number of ether oxygens (including phenoxy) is 2. The van der Waals surface area contributed by atoms with Gasteiger partial charge in [0, 0.05) is 5.56 Å². The molecule has 4 amide bonds. The molecule has 0 saturated carbocycles. The maximum absolute atomic E-state index is 13.8. The number of anilines is 1. The van der Waals surface area contributed by atoms with E-state index in [0.717, 1.165) is 4.90 Å². The van der Waals surface area contributed by atoms with Gasteiger partial charge in [-0.3, -0.25) is 9.59 Å². The third kappa shape index (κ3) is 5.82. The number of benzene rings is 3. The maximum atomic E-state index is 13.8. The third-order valence-corrected chi connectivity index (χ3v) is 6.07. The van der Waals surface area contributed by atoms with Crippen LogP contribution in [-0.2, 0) is 16.2 Å². The van der Waals surface area contributed by atoms with Crippen LogP contribution in [0.2, 0.25) is 0 Å². The van der Waals surface area contributed by atoms with Crippen LogP contribution in [0.15, 0.2) is 70.8 Å². The fraction of sp³-hybridized carbons (Fsp3) is 0.111. The van der Waals surface area contributed by atoms with E-state index in [0.29, 0.717) is 32.7 Å². The third-order valence-electron chi connectivity index (χ3n) is 5.48. The minimum atomic E-state index is -0.785. The highest BCUT2D eigenvalue weighted by Crippen LogP contribution is 2.38. The lowest BCUT2D eigenvalue weighted by Gasteiger charge is -2.14. The van der Waals surface area contributed by atoms with E-state index in [2.05, 4.69) is 32.6 Å². The van der Waals surface area contributed by atoms with Gasteiger partial charge < -0.3 is 20.1 Å². The molecule has 2 N–H and O–H groups in total. The Hall–Kier alpha value is -4.69. The topological polar surface area (TPSA) is 121 Å². The van der Waals surface area contributed by atoms with Gasteiger partial charge in [0.05, 0.1) is 28.9 Å². The van der Waals surface area contributed by atoms with Gasteiger partial charge in [0.25, 0.3) is 5.91 Å². The molecule has 0 atom stereocenters. The summed E-state index contributed by atoms with van der Waals surface area (Å²) in [6.45, 7) is -0.474. The number of para-hydroxylation sites is 1. The molecule has 1 aliphatic heterocycles. The molecule has 11 heteroatoms. The van der Waals surface area contributed by atoms with Crippen LogP contribution in [0.3, 0.4) is 0 Å². The fourth-order valence-electron chi connectivity index (χ4n) is 3.65. The Labute approximate surface area is 225 Å². The van der Waals surface area contributed by atoms with Gasteiger partial charge in [0.15, 0.2) is 11.5 Å². The van der Waals surface area contributed by atoms with Crippen LogP contribution in [0.4, 0.5) is 14.9 Å². The summed E-state index contributed by atoms with van der Waals surface area (Å²) in [6.07, 6.45) is 1.43. The average molecular weight is 579 g/mol. The number of rotatable bonds is 8. The molecule has 0 unspecified atom stereocenters. The van der Waals surface area contributed by atoms with E-state index in [-0.39, 0.29) is 18.0 Å². The molecule has 9 nitrogen and oxygen atoms in total. The van der Waals surface area contributed by atoms with Crippen molar-refractivity contribution >= 4 is 45.5 Å². The second-order valence-corrected chi connectivity index (χ2v) is 8.85. The molecule has 0 radical (unpaired) electrons. The average Bonchev–Trinajstić information content (AvgIpc) is 3.16. The number of nitriles is 1. The molecule has 0 aromatic heterocycles. The predicted molar refractivity (Wildman–Crippen MR) is 139 cm³/mol. The lowest BCUT2D eigenvalue weighted by Crippen LogP contribution is -2.38. The van der Waals surface area contributed by atoms with E-state index >= 15 is 0 Å². The summed E-state index contributed by atoms with van der Waals surface area (Å²) >= 11 is 3.44. The highest BCUT2D eigenvalue weighted by atomic mass is 79.9. The standard InChI is InChI=1S/C27H20BrFN4O5/c1-37-23-12-16(10-19(28)25(23)38-15-18-7-3-2-6-17(18)13-30)11-22-26(35)33(27(36)32-22)14-24(34)31-21-9-5-4-8-20(21)29/h2-12H,14-15H2,1H3,(H,31,34)(H,32,36)/b22-11+. The van der Waals surface area contributed by atoms with Crippen LogP contribution in [0.1, 0.15) is 16.7 Å². The van der Waals surface area contributed by atoms with Crippen molar-refractivity contribution in [3.05, 3.63) is 93.3 Å². The van der Waals surface area contributed by atoms with Gasteiger partial charge in [-0.05, 0) is 57.9 Å². The van der Waals surface area contributed by atoms with Crippen molar-refractivity contribution in [2.45, 2.75) is 6.61 Å². The summed E-state index contributed by atoms with van der Waals surface area (Å²) in [7, 11) is 1.45. The van der Waals surface area contributed by atoms with Crippen molar-refractivity contribution in [3.63, 3.8) is 0 Å². The van der Waals surface area contributed by atoms with E-state index in [1.807, 2.05) is 0 Å². The van der Waals surface area contributed by atoms with Crippen LogP contribution in [-0.4, -0.2) is 36.4 Å². The smallest absolute Gasteiger partial charge is 0.329 e. The number of halogens is 2. The first-order valence-corrected chi connectivity index (χ1v) is 12.0. The molecule has 1 aliphatic rings. The second kappa shape index (κ2) is 11.6. The molecule has 3 aromatic carbocycles. The molecule has 1 heterocycles. The quantitative estimate of drug-likeness (QED) is 0.298. The Morgan fingerprint density at radius 1 is 1.18 bits per heavy atom. The van der Waals surface area contributed by atoms with Gasteiger partial charge in [-0.25, -0.2) is 14.1 Å². The van der Waals surface area contributed by atoms with Crippen molar-refractivity contribution in [1.82, 2.24) is 10.2 Å². The monoisotopic (exact) mass is 578 g/mol. The number of urea groups is 1. The van der Waals surface area contributed by atoms with Gasteiger partial charge >= 0.3 is 6.03 Å². The zero-order valence-corrected chi connectivity index (χ0v) is 21.5. The molecule has 3 aromatic rings. The van der Waals surface area contributed by atoms with Crippen LogP contribution in [0, 0.1) is 17.1 Å². The number of hydrogen-bond donors (Lipinski definition) is 2. The lowest BCUT2D eigenvalue weighted by atomic mass is 10.1. The number of carbonyl (C=O) groups is 3. The normalized spacial score (nSPS) is 13.7. The van der Waals surface area contributed by atoms with Crippen molar-refractivity contribution in [3.8, 4) is 17.6 Å². The SMILES string of the molecule is COc1cc(/C=C2/NC(=O)N(CC(=O)Nc3ccccc3F)C2=O)cc(Br)c1OCc1ccccc1C#N. The zero-order valence-electron chi connectivity index (χ0n) is 20.0. The van der Waals surface area contributed by atoms with E-state index in [1.54, 1.807) is 42.5 Å². The first-order chi connectivity index (χ1) is 18.3. The molecule has 1 fully saturated rings. The molecule has 38 heavy (non-hydrogen) atoms. The summed E-state index contributed by atoms with van der Waals surface area (Å²) in [6, 6.07) is 17.2. The largest absolute Gasteiger partial charge is 0.493 e. The molecule has 0 spiro atoms. The van der Waals surface area contributed by atoms with E-state index in [9.17, 15) is 24.0 Å². The number of carbonyl (C=O) groups excluding carboxylic acids is 3. The van der Waals surface area contributed by atoms with Crippen LogP contribution in [0.25, 0.3) is 6.08 Å². The van der Waals surface area contributed by atoms with Gasteiger partial charge in [-0.2, -0.15) is 5.26 Å². The Kier molecular flexibility index (Phi) is 8.03. The summed E-state index contributed by atoms with van der Waals surface area (Å²) in [5, 5.41) is 14.1. The Bertz CT molecular complexity index is 1500.